The predicted molar refractivity (Wildman–Crippen MR) is 93.4 cm³/mol. The number of benzene rings is 1. The van der Waals surface area contributed by atoms with E-state index >= 15 is 0 Å². The summed E-state index contributed by atoms with van der Waals surface area (Å²) in [5, 5.41) is 11.9. The average Bonchev–Trinajstić information content (AvgIpc) is 3.28. The monoisotopic (exact) mass is 359 g/mol. The van der Waals surface area contributed by atoms with Crippen LogP contribution < -0.4 is 10.1 Å². The highest BCUT2D eigenvalue weighted by atomic mass is 35.5. The minimum atomic E-state index is -0.233. The molecule has 1 amide bonds. The van der Waals surface area contributed by atoms with Gasteiger partial charge in [0, 0.05) is 24.0 Å². The maximum Gasteiger partial charge on any atom is 0.270 e. The molecule has 25 heavy (non-hydrogen) atoms. The Hall–Kier alpha value is -2.80. The van der Waals surface area contributed by atoms with Crippen molar-refractivity contribution < 1.29 is 9.53 Å². The van der Waals surface area contributed by atoms with Gasteiger partial charge in [-0.3, -0.25) is 9.48 Å². The number of hydrogen-bond donors (Lipinski definition) is 1. The predicted octanol–water partition coefficient (Wildman–Crippen LogP) is 2.72. The van der Waals surface area contributed by atoms with Crippen LogP contribution >= 0.6 is 11.6 Å². The Labute approximate surface area is 150 Å². The zero-order valence-electron chi connectivity index (χ0n) is 13.7. The molecule has 1 aromatic carbocycles. The van der Waals surface area contributed by atoms with Gasteiger partial charge in [0.05, 0.1) is 12.2 Å². The molecule has 0 aliphatic heterocycles. The van der Waals surface area contributed by atoms with Gasteiger partial charge in [0.15, 0.2) is 6.73 Å². The fourth-order valence-corrected chi connectivity index (χ4v) is 2.36. The number of nitrogens with zero attached hydrogens (tertiary/aromatic N) is 4. The van der Waals surface area contributed by atoms with Gasteiger partial charge in [-0.1, -0.05) is 11.6 Å². The molecule has 3 rings (SSSR count). The summed E-state index contributed by atoms with van der Waals surface area (Å²) in [5.41, 5.74) is 1.22. The molecule has 0 bridgehead atoms. The standard InChI is InChI=1S/C17H18ClN5O2/c1-2-22-10-8-14(21-22)11-19-17(24)16-7-9-20-23(16)12-25-15-5-3-13(18)4-6-15/h3-10H,2,11-12H2,1H3,(H,19,24). The number of amides is 1. The van der Waals surface area contributed by atoms with Crippen molar-refractivity contribution in [1.29, 1.82) is 0 Å². The van der Waals surface area contributed by atoms with Crippen molar-refractivity contribution in [2.24, 2.45) is 0 Å². The van der Waals surface area contributed by atoms with Crippen LogP contribution in [0.4, 0.5) is 0 Å². The van der Waals surface area contributed by atoms with Gasteiger partial charge in [-0.2, -0.15) is 10.2 Å². The summed E-state index contributed by atoms with van der Waals surface area (Å²) in [6.45, 7) is 3.29. The van der Waals surface area contributed by atoms with E-state index < -0.39 is 0 Å². The Morgan fingerprint density at radius 2 is 2.04 bits per heavy atom. The van der Waals surface area contributed by atoms with E-state index in [4.69, 9.17) is 16.3 Å². The normalized spacial score (nSPS) is 10.6. The first-order valence-corrected chi connectivity index (χ1v) is 8.24. The molecule has 0 unspecified atom stereocenters. The summed E-state index contributed by atoms with van der Waals surface area (Å²) in [6.07, 6.45) is 3.44. The molecule has 0 aliphatic rings. The number of rotatable bonds is 7. The second kappa shape index (κ2) is 7.85. The van der Waals surface area contributed by atoms with E-state index in [1.165, 1.54) is 4.68 Å². The van der Waals surface area contributed by atoms with Crippen LogP contribution in [0.2, 0.25) is 5.02 Å². The lowest BCUT2D eigenvalue weighted by Crippen LogP contribution is -2.26. The molecule has 2 heterocycles. The molecule has 8 heteroatoms. The van der Waals surface area contributed by atoms with E-state index in [0.29, 0.717) is 23.0 Å². The van der Waals surface area contributed by atoms with Gasteiger partial charge in [0.25, 0.3) is 5.91 Å². The molecule has 0 atom stereocenters. The van der Waals surface area contributed by atoms with Crippen LogP contribution in [0, 0.1) is 0 Å². The number of aryl methyl sites for hydroxylation is 1. The highest BCUT2D eigenvalue weighted by Crippen LogP contribution is 2.16. The molecule has 2 aromatic heterocycles. The van der Waals surface area contributed by atoms with Gasteiger partial charge < -0.3 is 10.1 Å². The third-order valence-electron chi connectivity index (χ3n) is 3.57. The number of hydrogen-bond acceptors (Lipinski definition) is 4. The van der Waals surface area contributed by atoms with Crippen LogP contribution in [-0.2, 0) is 19.8 Å². The van der Waals surface area contributed by atoms with Crippen molar-refractivity contribution >= 4 is 17.5 Å². The van der Waals surface area contributed by atoms with E-state index in [9.17, 15) is 4.79 Å². The molecular formula is C17H18ClN5O2. The maximum absolute atomic E-state index is 12.4. The molecule has 0 saturated heterocycles. The van der Waals surface area contributed by atoms with Crippen LogP contribution in [0.1, 0.15) is 23.1 Å². The topological polar surface area (TPSA) is 74.0 Å². The van der Waals surface area contributed by atoms with Gasteiger partial charge in [-0.15, -0.1) is 0 Å². The number of halogens is 1. The van der Waals surface area contributed by atoms with Crippen molar-refractivity contribution in [3.05, 3.63) is 65.2 Å². The number of carbonyl (C=O) groups is 1. The number of aromatic nitrogens is 4. The second-order valence-electron chi connectivity index (χ2n) is 5.29. The Morgan fingerprint density at radius 3 is 2.76 bits per heavy atom. The Bertz CT molecular complexity index is 841. The SMILES string of the molecule is CCn1ccc(CNC(=O)c2ccnn2COc2ccc(Cl)cc2)n1. The van der Waals surface area contributed by atoms with Crippen molar-refractivity contribution in [3.8, 4) is 5.75 Å². The molecular weight excluding hydrogens is 342 g/mol. The van der Waals surface area contributed by atoms with Gasteiger partial charge >= 0.3 is 0 Å². The molecule has 7 nitrogen and oxygen atoms in total. The van der Waals surface area contributed by atoms with Crippen molar-refractivity contribution in [2.75, 3.05) is 0 Å². The molecule has 1 N–H and O–H groups in total. The molecule has 130 valence electrons. The maximum atomic E-state index is 12.4. The first kappa shape index (κ1) is 17.0. The van der Waals surface area contributed by atoms with Gasteiger partial charge in [-0.25, -0.2) is 4.68 Å². The van der Waals surface area contributed by atoms with Gasteiger partial charge in [0.1, 0.15) is 11.4 Å². The molecule has 0 fully saturated rings. The Morgan fingerprint density at radius 1 is 1.24 bits per heavy atom. The van der Waals surface area contributed by atoms with E-state index in [-0.39, 0.29) is 12.6 Å². The first-order valence-electron chi connectivity index (χ1n) is 7.86. The van der Waals surface area contributed by atoms with Gasteiger partial charge in [0.2, 0.25) is 0 Å². The fourth-order valence-electron chi connectivity index (χ4n) is 2.23. The van der Waals surface area contributed by atoms with Gasteiger partial charge in [-0.05, 0) is 43.3 Å². The Balaban J connectivity index is 1.58. The second-order valence-corrected chi connectivity index (χ2v) is 5.73. The molecule has 3 aromatic rings. The first-order chi connectivity index (χ1) is 12.2. The molecule has 0 radical (unpaired) electrons. The number of nitrogens with one attached hydrogen (secondary N) is 1. The van der Waals surface area contributed by atoms with Crippen LogP contribution in [-0.4, -0.2) is 25.5 Å². The summed E-state index contributed by atoms with van der Waals surface area (Å²) in [5.74, 6) is 0.416. The minimum Gasteiger partial charge on any atom is -0.471 e. The van der Waals surface area contributed by atoms with Crippen molar-refractivity contribution in [3.63, 3.8) is 0 Å². The number of carbonyl (C=O) groups excluding carboxylic acids is 1. The third-order valence-corrected chi connectivity index (χ3v) is 3.82. The number of ether oxygens (including phenoxy) is 1. The minimum absolute atomic E-state index is 0.127. The largest absolute Gasteiger partial charge is 0.471 e. The highest BCUT2D eigenvalue weighted by Gasteiger charge is 2.12. The Kier molecular flexibility index (Phi) is 5.35. The zero-order chi connectivity index (χ0) is 17.6. The van der Waals surface area contributed by atoms with Crippen molar-refractivity contribution in [2.45, 2.75) is 26.7 Å². The summed E-state index contributed by atoms with van der Waals surface area (Å²) in [7, 11) is 0. The smallest absolute Gasteiger partial charge is 0.270 e. The molecule has 0 aliphatic carbocycles. The zero-order valence-corrected chi connectivity index (χ0v) is 14.5. The summed E-state index contributed by atoms with van der Waals surface area (Å²) >= 11 is 5.84. The van der Waals surface area contributed by atoms with Crippen LogP contribution in [0.5, 0.6) is 5.75 Å². The van der Waals surface area contributed by atoms with E-state index in [2.05, 4.69) is 15.5 Å². The lowest BCUT2D eigenvalue weighted by molar-refractivity contribution is 0.0929. The average molecular weight is 360 g/mol. The lowest BCUT2D eigenvalue weighted by Gasteiger charge is -2.09. The quantitative estimate of drug-likeness (QED) is 0.704. The lowest BCUT2D eigenvalue weighted by atomic mass is 10.3. The van der Waals surface area contributed by atoms with Crippen LogP contribution in [0.3, 0.4) is 0 Å². The summed E-state index contributed by atoms with van der Waals surface area (Å²) < 4.78 is 8.93. The third kappa shape index (κ3) is 4.39. The summed E-state index contributed by atoms with van der Waals surface area (Å²) in [4.78, 5) is 12.4. The van der Waals surface area contributed by atoms with E-state index in [1.807, 2.05) is 23.9 Å². The molecule has 0 spiro atoms. The van der Waals surface area contributed by atoms with Crippen LogP contribution in [0.15, 0.2) is 48.8 Å². The van der Waals surface area contributed by atoms with Crippen LogP contribution in [0.25, 0.3) is 0 Å². The van der Waals surface area contributed by atoms with E-state index in [1.54, 1.807) is 36.5 Å². The highest BCUT2D eigenvalue weighted by molar-refractivity contribution is 6.30. The van der Waals surface area contributed by atoms with E-state index in [0.717, 1.165) is 12.2 Å². The molecule has 0 saturated carbocycles. The summed E-state index contributed by atoms with van der Waals surface area (Å²) in [6, 6.07) is 10.5. The van der Waals surface area contributed by atoms with Crippen molar-refractivity contribution in [1.82, 2.24) is 24.9 Å². The fraction of sp³-hybridized carbons (Fsp3) is 0.235.